The molecule has 0 saturated carbocycles. The highest BCUT2D eigenvalue weighted by atomic mass is 35.5. The molecule has 0 aliphatic heterocycles. The zero-order valence-electron chi connectivity index (χ0n) is 23.4. The number of para-hydroxylation sites is 1. The fourth-order valence-electron chi connectivity index (χ4n) is 6.70. The Morgan fingerprint density at radius 3 is 2.19 bits per heavy atom. The quantitative estimate of drug-likeness (QED) is 0.212. The van der Waals surface area contributed by atoms with Crippen LogP contribution >= 0.6 is 11.6 Å². The molecule has 0 fully saturated rings. The molecule has 8 rings (SSSR count). The SMILES string of the molecule is CC1(C)c2ccccc2-c2ccc(N(c3cc(Cl)cc(-c4ccccc4)c3)c3cccc4oc5ccccc5c34)cc21. The molecule has 3 heteroatoms. The standard InChI is InChI=1S/C39H28ClNO/c1-39(2)33-15-8-6-13-30(33)31-20-19-28(24-34(31)39)41(29-22-26(21-27(40)23-29)25-11-4-3-5-12-25)35-16-10-18-37-38(35)32-14-7-9-17-36(32)42-37/h3-24H,1-2H3. The fourth-order valence-corrected chi connectivity index (χ4v) is 6.93. The summed E-state index contributed by atoms with van der Waals surface area (Å²) in [5.41, 5.74) is 12.2. The molecule has 6 aromatic carbocycles. The normalized spacial score (nSPS) is 13.3. The third kappa shape index (κ3) is 3.79. The minimum absolute atomic E-state index is 0.120. The summed E-state index contributed by atoms with van der Waals surface area (Å²) in [4.78, 5) is 2.34. The van der Waals surface area contributed by atoms with Crippen molar-refractivity contribution in [3.8, 4) is 22.3 Å². The van der Waals surface area contributed by atoms with Crippen LogP contribution in [0.4, 0.5) is 17.1 Å². The van der Waals surface area contributed by atoms with E-state index in [-0.39, 0.29) is 5.41 Å². The summed E-state index contributed by atoms with van der Waals surface area (Å²) in [6.07, 6.45) is 0. The first-order valence-corrected chi connectivity index (χ1v) is 14.7. The highest BCUT2D eigenvalue weighted by Crippen LogP contribution is 2.51. The second kappa shape index (κ2) is 9.37. The fraction of sp³-hybridized carbons (Fsp3) is 0.0769. The van der Waals surface area contributed by atoms with Gasteiger partial charge in [-0.1, -0.05) is 110 Å². The van der Waals surface area contributed by atoms with Gasteiger partial charge in [0.2, 0.25) is 0 Å². The molecule has 0 saturated heterocycles. The summed E-state index contributed by atoms with van der Waals surface area (Å²) in [5, 5.41) is 2.86. The first-order chi connectivity index (χ1) is 20.5. The topological polar surface area (TPSA) is 16.4 Å². The molecule has 0 bridgehead atoms. The molecule has 0 atom stereocenters. The van der Waals surface area contributed by atoms with Crippen LogP contribution in [0, 0.1) is 0 Å². The van der Waals surface area contributed by atoms with Crippen LogP contribution in [0.15, 0.2) is 138 Å². The van der Waals surface area contributed by atoms with E-state index >= 15 is 0 Å². The van der Waals surface area contributed by atoms with E-state index in [2.05, 4.69) is 122 Å². The van der Waals surface area contributed by atoms with Crippen LogP contribution in [0.25, 0.3) is 44.2 Å². The van der Waals surface area contributed by atoms with Crippen molar-refractivity contribution < 1.29 is 4.42 Å². The first kappa shape index (κ1) is 25.0. The van der Waals surface area contributed by atoms with Crippen LogP contribution in [0.1, 0.15) is 25.0 Å². The molecule has 1 aliphatic carbocycles. The van der Waals surface area contributed by atoms with Crippen molar-refractivity contribution in [1.29, 1.82) is 0 Å². The lowest BCUT2D eigenvalue weighted by Gasteiger charge is -2.29. The third-order valence-electron chi connectivity index (χ3n) is 8.69. The predicted octanol–water partition coefficient (Wildman–Crippen LogP) is 11.7. The van der Waals surface area contributed by atoms with Gasteiger partial charge in [-0.25, -0.2) is 0 Å². The van der Waals surface area contributed by atoms with E-state index in [0.29, 0.717) is 5.02 Å². The minimum atomic E-state index is -0.120. The minimum Gasteiger partial charge on any atom is -0.456 e. The maximum absolute atomic E-state index is 6.87. The van der Waals surface area contributed by atoms with Crippen LogP contribution in [-0.2, 0) is 5.41 Å². The molecule has 1 aliphatic rings. The molecular weight excluding hydrogens is 534 g/mol. The van der Waals surface area contributed by atoms with Crippen molar-refractivity contribution in [2.75, 3.05) is 4.90 Å². The summed E-state index contributed by atoms with van der Waals surface area (Å²) in [6, 6.07) is 46.9. The molecule has 0 amide bonds. The van der Waals surface area contributed by atoms with Gasteiger partial charge in [-0.3, -0.25) is 0 Å². The second-order valence-electron chi connectivity index (χ2n) is 11.5. The Kier molecular flexibility index (Phi) is 5.57. The van der Waals surface area contributed by atoms with Gasteiger partial charge in [0.15, 0.2) is 0 Å². The third-order valence-corrected chi connectivity index (χ3v) is 8.91. The molecule has 7 aromatic rings. The molecule has 42 heavy (non-hydrogen) atoms. The summed E-state index contributed by atoms with van der Waals surface area (Å²) in [7, 11) is 0. The smallest absolute Gasteiger partial charge is 0.137 e. The van der Waals surface area contributed by atoms with Gasteiger partial charge in [0.05, 0.1) is 11.1 Å². The molecule has 1 heterocycles. The number of nitrogens with zero attached hydrogens (tertiary/aromatic N) is 1. The van der Waals surface area contributed by atoms with Crippen LogP contribution in [0.2, 0.25) is 5.02 Å². The van der Waals surface area contributed by atoms with E-state index in [1.165, 1.54) is 22.3 Å². The van der Waals surface area contributed by atoms with Crippen LogP contribution in [-0.4, -0.2) is 0 Å². The summed E-state index contributed by atoms with van der Waals surface area (Å²) >= 11 is 6.87. The van der Waals surface area contributed by atoms with Gasteiger partial charge in [-0.05, 0) is 81.9 Å². The van der Waals surface area contributed by atoms with Crippen molar-refractivity contribution >= 4 is 50.6 Å². The molecule has 2 nitrogen and oxygen atoms in total. The van der Waals surface area contributed by atoms with Crippen molar-refractivity contribution in [2.24, 2.45) is 0 Å². The van der Waals surface area contributed by atoms with Crippen LogP contribution < -0.4 is 4.90 Å². The molecule has 1 aromatic heterocycles. The summed E-state index contributed by atoms with van der Waals surface area (Å²) in [5.74, 6) is 0. The van der Waals surface area contributed by atoms with E-state index < -0.39 is 0 Å². The van der Waals surface area contributed by atoms with Gasteiger partial charge in [-0.15, -0.1) is 0 Å². The molecule has 0 N–H and O–H groups in total. The lowest BCUT2D eigenvalue weighted by molar-refractivity contribution is 0.660. The number of benzene rings is 6. The van der Waals surface area contributed by atoms with Crippen molar-refractivity contribution in [2.45, 2.75) is 19.3 Å². The highest BCUT2D eigenvalue weighted by molar-refractivity contribution is 6.31. The number of halogens is 1. The zero-order valence-corrected chi connectivity index (χ0v) is 24.2. The molecule has 0 unspecified atom stereocenters. The maximum atomic E-state index is 6.87. The number of rotatable bonds is 4. The molecular formula is C39H28ClNO. The second-order valence-corrected chi connectivity index (χ2v) is 12.0. The maximum Gasteiger partial charge on any atom is 0.137 e. The van der Waals surface area contributed by atoms with Crippen LogP contribution in [0.5, 0.6) is 0 Å². The number of hydrogen-bond acceptors (Lipinski definition) is 2. The molecule has 202 valence electrons. The molecule has 0 spiro atoms. The van der Waals surface area contributed by atoms with E-state index in [1.807, 2.05) is 30.3 Å². The number of fused-ring (bicyclic) bond motifs is 6. The Bertz CT molecular complexity index is 2140. The van der Waals surface area contributed by atoms with E-state index in [9.17, 15) is 0 Å². The Morgan fingerprint density at radius 1 is 0.571 bits per heavy atom. The van der Waals surface area contributed by atoms with Gasteiger partial charge in [0.1, 0.15) is 11.2 Å². The lowest BCUT2D eigenvalue weighted by atomic mass is 9.82. The Labute approximate surface area is 250 Å². The van der Waals surface area contributed by atoms with Crippen molar-refractivity contribution in [3.05, 3.63) is 150 Å². The lowest BCUT2D eigenvalue weighted by Crippen LogP contribution is -2.16. The van der Waals surface area contributed by atoms with E-state index in [0.717, 1.165) is 50.1 Å². The average Bonchev–Trinajstić information content (AvgIpc) is 3.51. The molecule has 0 radical (unpaired) electrons. The monoisotopic (exact) mass is 561 g/mol. The van der Waals surface area contributed by atoms with E-state index in [1.54, 1.807) is 0 Å². The van der Waals surface area contributed by atoms with E-state index in [4.69, 9.17) is 16.0 Å². The highest BCUT2D eigenvalue weighted by Gasteiger charge is 2.36. The summed E-state index contributed by atoms with van der Waals surface area (Å²) in [6.45, 7) is 4.64. The summed E-state index contributed by atoms with van der Waals surface area (Å²) < 4.78 is 6.33. The first-order valence-electron chi connectivity index (χ1n) is 14.3. The van der Waals surface area contributed by atoms with Gasteiger partial charge in [0, 0.05) is 27.2 Å². The van der Waals surface area contributed by atoms with Crippen molar-refractivity contribution in [1.82, 2.24) is 0 Å². The predicted molar refractivity (Wildman–Crippen MR) is 176 cm³/mol. The van der Waals surface area contributed by atoms with Gasteiger partial charge < -0.3 is 9.32 Å². The average molecular weight is 562 g/mol. The van der Waals surface area contributed by atoms with Gasteiger partial charge in [-0.2, -0.15) is 0 Å². The zero-order chi connectivity index (χ0) is 28.4. The van der Waals surface area contributed by atoms with Gasteiger partial charge >= 0.3 is 0 Å². The number of furan rings is 1. The Morgan fingerprint density at radius 2 is 1.31 bits per heavy atom. The largest absolute Gasteiger partial charge is 0.456 e. The number of anilines is 3. The van der Waals surface area contributed by atoms with Crippen LogP contribution in [0.3, 0.4) is 0 Å². The Hall–Kier alpha value is -4.79. The van der Waals surface area contributed by atoms with Gasteiger partial charge in [0.25, 0.3) is 0 Å². The van der Waals surface area contributed by atoms with Crippen molar-refractivity contribution in [3.63, 3.8) is 0 Å². The number of hydrogen-bond donors (Lipinski definition) is 0. The Balaban J connectivity index is 1.41.